The molecule has 2 fully saturated rings. The van der Waals surface area contributed by atoms with Crippen molar-refractivity contribution in [2.45, 2.75) is 51.2 Å². The van der Waals surface area contributed by atoms with Gasteiger partial charge in [-0.15, -0.1) is 0 Å². The summed E-state index contributed by atoms with van der Waals surface area (Å²) < 4.78 is 11.0. The van der Waals surface area contributed by atoms with Crippen molar-refractivity contribution in [1.29, 1.82) is 0 Å². The normalized spacial score (nSPS) is 21.0. The van der Waals surface area contributed by atoms with E-state index in [0.717, 1.165) is 70.5 Å². The van der Waals surface area contributed by atoms with Gasteiger partial charge >= 0.3 is 0 Å². The van der Waals surface area contributed by atoms with Gasteiger partial charge in [0.2, 0.25) is 0 Å². The number of nitrogens with zero attached hydrogens (tertiary/aromatic N) is 3. The maximum absolute atomic E-state index is 5.97. The molecule has 1 aliphatic carbocycles. The molecule has 0 amide bonds. The zero-order chi connectivity index (χ0) is 18.1. The highest BCUT2D eigenvalue weighted by atomic mass is 16.5. The summed E-state index contributed by atoms with van der Waals surface area (Å²) >= 11 is 0. The molecule has 1 aliphatic heterocycles. The van der Waals surface area contributed by atoms with Crippen molar-refractivity contribution in [3.8, 4) is 0 Å². The number of likely N-dealkylation sites (N-methyl/N-ethyl adjacent to an activating group) is 1. The number of rotatable bonds is 10. The van der Waals surface area contributed by atoms with E-state index in [4.69, 9.17) is 14.5 Å². The van der Waals surface area contributed by atoms with E-state index in [1.807, 2.05) is 0 Å². The van der Waals surface area contributed by atoms with E-state index in [1.165, 1.54) is 12.8 Å². The van der Waals surface area contributed by atoms with Crippen molar-refractivity contribution in [2.75, 3.05) is 60.6 Å². The Bertz CT molecular complexity index is 389. The van der Waals surface area contributed by atoms with Gasteiger partial charge in [-0.3, -0.25) is 4.99 Å². The Labute approximate surface area is 153 Å². The molecule has 0 aromatic rings. The number of ether oxygens (including phenoxy) is 2. The molecule has 1 atom stereocenters. The molecule has 6 nitrogen and oxygen atoms in total. The smallest absolute Gasteiger partial charge is 0.193 e. The number of nitrogens with one attached hydrogen (secondary N) is 1. The maximum atomic E-state index is 5.97. The van der Waals surface area contributed by atoms with Gasteiger partial charge in [0.15, 0.2) is 5.96 Å². The standard InChI is InChI=1S/C19H38N4O2/c1-5-20-19(21-15-18(22(2)3)16-7-8-16)23-11-9-17(10-12-23)25-14-6-13-24-4/h16-18H,5-15H2,1-4H3,(H,20,21). The third-order valence-corrected chi connectivity index (χ3v) is 5.18. The molecule has 2 aliphatic rings. The average Bonchev–Trinajstić information content (AvgIpc) is 3.43. The highest BCUT2D eigenvalue weighted by molar-refractivity contribution is 5.80. The predicted octanol–water partition coefficient (Wildman–Crippen LogP) is 1.81. The lowest BCUT2D eigenvalue weighted by atomic mass is 10.1. The van der Waals surface area contributed by atoms with E-state index >= 15 is 0 Å². The van der Waals surface area contributed by atoms with Crippen molar-refractivity contribution in [3.63, 3.8) is 0 Å². The van der Waals surface area contributed by atoms with Gasteiger partial charge in [-0.1, -0.05) is 0 Å². The molecule has 0 aromatic carbocycles. The summed E-state index contributed by atoms with van der Waals surface area (Å²) in [5, 5.41) is 3.48. The average molecular weight is 355 g/mol. The first-order valence-corrected chi connectivity index (χ1v) is 9.96. The molecular formula is C19H38N4O2. The summed E-state index contributed by atoms with van der Waals surface area (Å²) in [6.45, 7) is 7.59. The fraction of sp³-hybridized carbons (Fsp3) is 0.947. The number of hydrogen-bond acceptors (Lipinski definition) is 4. The van der Waals surface area contributed by atoms with Crippen molar-refractivity contribution >= 4 is 5.96 Å². The van der Waals surface area contributed by atoms with Crippen molar-refractivity contribution in [1.82, 2.24) is 15.1 Å². The molecule has 0 spiro atoms. The van der Waals surface area contributed by atoms with Crippen LogP contribution in [0.25, 0.3) is 0 Å². The first-order chi connectivity index (χ1) is 12.2. The molecule has 146 valence electrons. The van der Waals surface area contributed by atoms with Gasteiger partial charge in [0, 0.05) is 46.0 Å². The molecule has 1 heterocycles. The number of methoxy groups -OCH3 is 1. The zero-order valence-corrected chi connectivity index (χ0v) is 16.7. The highest BCUT2D eigenvalue weighted by Gasteiger charge is 2.32. The van der Waals surface area contributed by atoms with Crippen molar-refractivity contribution in [3.05, 3.63) is 0 Å². The molecule has 2 rings (SSSR count). The number of piperidine rings is 1. The first kappa shape index (κ1) is 20.5. The van der Waals surface area contributed by atoms with Crippen LogP contribution in [0.3, 0.4) is 0 Å². The van der Waals surface area contributed by atoms with Gasteiger partial charge in [0.25, 0.3) is 0 Å². The molecule has 0 bridgehead atoms. The summed E-state index contributed by atoms with van der Waals surface area (Å²) in [6.07, 6.45) is 6.25. The molecule has 1 saturated carbocycles. The minimum Gasteiger partial charge on any atom is -0.385 e. The van der Waals surface area contributed by atoms with E-state index in [-0.39, 0.29) is 0 Å². The lowest BCUT2D eigenvalue weighted by molar-refractivity contribution is 0.00989. The second kappa shape index (κ2) is 11.0. The maximum Gasteiger partial charge on any atom is 0.193 e. The SMILES string of the molecule is CCNC(=NCC(C1CC1)N(C)C)N1CCC(OCCCOC)CC1. The summed E-state index contributed by atoms with van der Waals surface area (Å²) in [4.78, 5) is 9.70. The van der Waals surface area contributed by atoms with Crippen LogP contribution in [0.5, 0.6) is 0 Å². The second-order valence-corrected chi connectivity index (χ2v) is 7.47. The lowest BCUT2D eigenvalue weighted by Crippen LogP contribution is -2.47. The highest BCUT2D eigenvalue weighted by Crippen LogP contribution is 2.34. The van der Waals surface area contributed by atoms with E-state index in [0.29, 0.717) is 12.1 Å². The van der Waals surface area contributed by atoms with Gasteiger partial charge < -0.3 is 24.6 Å². The quantitative estimate of drug-likeness (QED) is 0.368. The summed E-state index contributed by atoms with van der Waals surface area (Å²) in [6, 6.07) is 0.579. The van der Waals surface area contributed by atoms with Gasteiger partial charge in [-0.25, -0.2) is 0 Å². The van der Waals surface area contributed by atoms with Crippen LogP contribution in [-0.4, -0.2) is 88.5 Å². The second-order valence-electron chi connectivity index (χ2n) is 7.47. The topological polar surface area (TPSA) is 49.3 Å². The van der Waals surface area contributed by atoms with E-state index in [9.17, 15) is 0 Å². The van der Waals surface area contributed by atoms with Crippen LogP contribution in [0, 0.1) is 5.92 Å². The van der Waals surface area contributed by atoms with Crippen molar-refractivity contribution in [2.24, 2.45) is 10.9 Å². The lowest BCUT2D eigenvalue weighted by Gasteiger charge is -2.34. The van der Waals surface area contributed by atoms with Crippen LogP contribution in [0.1, 0.15) is 39.0 Å². The van der Waals surface area contributed by atoms with Gasteiger partial charge in [0.05, 0.1) is 12.6 Å². The molecule has 0 radical (unpaired) electrons. The van der Waals surface area contributed by atoms with Crippen LogP contribution < -0.4 is 5.32 Å². The van der Waals surface area contributed by atoms with Crippen LogP contribution in [-0.2, 0) is 9.47 Å². The van der Waals surface area contributed by atoms with Crippen LogP contribution in [0.4, 0.5) is 0 Å². The van der Waals surface area contributed by atoms with Gasteiger partial charge in [0.1, 0.15) is 0 Å². The Morgan fingerprint density at radius 3 is 2.48 bits per heavy atom. The molecule has 1 saturated heterocycles. The Hall–Kier alpha value is -0.850. The Morgan fingerprint density at radius 1 is 1.20 bits per heavy atom. The largest absolute Gasteiger partial charge is 0.385 e. The van der Waals surface area contributed by atoms with E-state index in [1.54, 1.807) is 7.11 Å². The minimum absolute atomic E-state index is 0.386. The van der Waals surface area contributed by atoms with Gasteiger partial charge in [-0.2, -0.15) is 0 Å². The van der Waals surface area contributed by atoms with Crippen molar-refractivity contribution < 1.29 is 9.47 Å². The molecule has 6 heteroatoms. The van der Waals surface area contributed by atoms with Gasteiger partial charge in [-0.05, 0) is 59.0 Å². The molecule has 1 N–H and O–H groups in total. The first-order valence-electron chi connectivity index (χ1n) is 9.96. The molecule has 1 unspecified atom stereocenters. The fourth-order valence-electron chi connectivity index (χ4n) is 3.51. The predicted molar refractivity (Wildman–Crippen MR) is 103 cm³/mol. The summed E-state index contributed by atoms with van der Waals surface area (Å²) in [7, 11) is 6.10. The van der Waals surface area contributed by atoms with Crippen LogP contribution in [0.2, 0.25) is 0 Å². The van der Waals surface area contributed by atoms with Crippen LogP contribution >= 0.6 is 0 Å². The Kier molecular flexibility index (Phi) is 8.99. The molecular weight excluding hydrogens is 316 g/mol. The Balaban J connectivity index is 1.79. The van der Waals surface area contributed by atoms with E-state index in [2.05, 4.69) is 36.1 Å². The van der Waals surface area contributed by atoms with Crippen LogP contribution in [0.15, 0.2) is 4.99 Å². The summed E-state index contributed by atoms with van der Waals surface area (Å²) in [5.74, 6) is 1.92. The number of guanidine groups is 1. The monoisotopic (exact) mass is 354 g/mol. The number of aliphatic imine (C=N–C) groups is 1. The Morgan fingerprint density at radius 2 is 1.92 bits per heavy atom. The zero-order valence-electron chi connectivity index (χ0n) is 16.7. The fourth-order valence-corrected chi connectivity index (χ4v) is 3.51. The molecule has 25 heavy (non-hydrogen) atoms. The number of hydrogen-bond donors (Lipinski definition) is 1. The number of likely N-dealkylation sites (tertiary alicyclic amines) is 1. The van der Waals surface area contributed by atoms with E-state index < -0.39 is 0 Å². The summed E-state index contributed by atoms with van der Waals surface area (Å²) in [5.41, 5.74) is 0. The minimum atomic E-state index is 0.386. The third-order valence-electron chi connectivity index (χ3n) is 5.18. The molecule has 0 aromatic heterocycles. The third kappa shape index (κ3) is 7.12.